The molecule has 1 saturated carbocycles. The van der Waals surface area contributed by atoms with E-state index < -0.39 is 0 Å². The second-order valence-electron chi connectivity index (χ2n) is 3.30. The van der Waals surface area contributed by atoms with Gasteiger partial charge in [0.1, 0.15) is 0 Å². The van der Waals surface area contributed by atoms with Crippen LogP contribution in [0.4, 0.5) is 4.79 Å². The number of urea groups is 1. The normalized spacial score (nSPS) is 15.8. The van der Waals surface area contributed by atoms with Gasteiger partial charge in [0.25, 0.3) is 0 Å². The summed E-state index contributed by atoms with van der Waals surface area (Å²) >= 11 is 0. The second kappa shape index (κ2) is 4.33. The van der Waals surface area contributed by atoms with Gasteiger partial charge >= 0.3 is 6.03 Å². The van der Waals surface area contributed by atoms with Crippen molar-refractivity contribution in [2.45, 2.75) is 26.7 Å². The standard InChI is InChI=1S/C9H18N2O/c1-3-11(4-2)9(12)10-7-8-5-6-8/h8H,3-7H2,1-2H3,(H,10,12). The average Bonchev–Trinajstić information content (AvgIpc) is 2.86. The molecule has 0 aromatic carbocycles. The number of nitrogens with zero attached hydrogens (tertiary/aromatic N) is 1. The summed E-state index contributed by atoms with van der Waals surface area (Å²) in [5.41, 5.74) is 0. The Morgan fingerprint density at radius 2 is 2.00 bits per heavy atom. The molecular weight excluding hydrogens is 152 g/mol. The van der Waals surface area contributed by atoms with E-state index in [0.29, 0.717) is 0 Å². The summed E-state index contributed by atoms with van der Waals surface area (Å²) in [6.07, 6.45) is 2.58. The summed E-state index contributed by atoms with van der Waals surface area (Å²) in [6.45, 7) is 6.47. The minimum absolute atomic E-state index is 0.0897. The van der Waals surface area contributed by atoms with E-state index in [1.54, 1.807) is 0 Å². The van der Waals surface area contributed by atoms with E-state index in [-0.39, 0.29) is 6.03 Å². The molecule has 0 bridgehead atoms. The van der Waals surface area contributed by atoms with E-state index in [9.17, 15) is 4.79 Å². The number of nitrogens with one attached hydrogen (secondary N) is 1. The zero-order chi connectivity index (χ0) is 8.97. The number of hydrogen-bond donors (Lipinski definition) is 1. The highest BCUT2D eigenvalue weighted by atomic mass is 16.2. The first-order valence-electron chi connectivity index (χ1n) is 4.80. The number of hydrogen-bond acceptors (Lipinski definition) is 1. The third-order valence-electron chi connectivity index (χ3n) is 2.29. The van der Waals surface area contributed by atoms with Gasteiger partial charge in [-0.15, -0.1) is 0 Å². The van der Waals surface area contributed by atoms with Gasteiger partial charge < -0.3 is 10.2 Å². The maximum atomic E-state index is 11.4. The minimum atomic E-state index is 0.0897. The molecule has 1 aliphatic rings. The van der Waals surface area contributed by atoms with Crippen LogP contribution in [0.5, 0.6) is 0 Å². The molecule has 3 nitrogen and oxygen atoms in total. The van der Waals surface area contributed by atoms with Crippen LogP contribution < -0.4 is 5.32 Å². The highest BCUT2D eigenvalue weighted by Crippen LogP contribution is 2.27. The van der Waals surface area contributed by atoms with E-state index in [1.165, 1.54) is 12.8 Å². The van der Waals surface area contributed by atoms with Crippen molar-refractivity contribution in [1.82, 2.24) is 10.2 Å². The first-order chi connectivity index (χ1) is 5.77. The lowest BCUT2D eigenvalue weighted by Gasteiger charge is -2.18. The van der Waals surface area contributed by atoms with E-state index in [1.807, 2.05) is 18.7 Å². The van der Waals surface area contributed by atoms with E-state index >= 15 is 0 Å². The zero-order valence-electron chi connectivity index (χ0n) is 7.97. The minimum Gasteiger partial charge on any atom is -0.338 e. The molecule has 2 amide bonds. The summed E-state index contributed by atoms with van der Waals surface area (Å²) in [5, 5.41) is 2.93. The Kier molecular flexibility index (Phi) is 3.38. The largest absolute Gasteiger partial charge is 0.338 e. The van der Waals surface area contributed by atoms with Crippen LogP contribution in [0.15, 0.2) is 0 Å². The Morgan fingerprint density at radius 3 is 2.42 bits per heavy atom. The lowest BCUT2D eigenvalue weighted by Crippen LogP contribution is -2.40. The molecule has 0 unspecified atom stereocenters. The van der Waals surface area contributed by atoms with Crippen molar-refractivity contribution in [1.29, 1.82) is 0 Å². The quantitative estimate of drug-likeness (QED) is 0.680. The topological polar surface area (TPSA) is 32.3 Å². The van der Waals surface area contributed by atoms with Crippen LogP contribution in [0.1, 0.15) is 26.7 Å². The molecule has 1 rings (SSSR count). The van der Waals surface area contributed by atoms with Gasteiger partial charge in [0, 0.05) is 19.6 Å². The van der Waals surface area contributed by atoms with Crippen molar-refractivity contribution in [3.8, 4) is 0 Å². The van der Waals surface area contributed by atoms with Gasteiger partial charge in [-0.05, 0) is 32.6 Å². The van der Waals surface area contributed by atoms with Gasteiger partial charge in [0.2, 0.25) is 0 Å². The number of rotatable bonds is 4. The highest BCUT2D eigenvalue weighted by molar-refractivity contribution is 5.74. The van der Waals surface area contributed by atoms with Crippen molar-refractivity contribution >= 4 is 6.03 Å². The number of carbonyl (C=O) groups excluding carboxylic acids is 1. The van der Waals surface area contributed by atoms with Crippen molar-refractivity contribution in [2.75, 3.05) is 19.6 Å². The smallest absolute Gasteiger partial charge is 0.317 e. The Labute approximate surface area is 74.1 Å². The van der Waals surface area contributed by atoms with Crippen LogP contribution in [0.25, 0.3) is 0 Å². The summed E-state index contributed by atoms with van der Waals surface area (Å²) in [6, 6.07) is 0.0897. The molecule has 3 heteroatoms. The molecule has 1 aliphatic carbocycles. The Bertz CT molecular complexity index is 151. The molecule has 0 aromatic heterocycles. The lowest BCUT2D eigenvalue weighted by atomic mass is 10.4. The Morgan fingerprint density at radius 1 is 1.42 bits per heavy atom. The first-order valence-corrected chi connectivity index (χ1v) is 4.80. The first kappa shape index (κ1) is 9.36. The summed E-state index contributed by atoms with van der Waals surface area (Å²) in [4.78, 5) is 13.2. The Hall–Kier alpha value is -0.730. The third kappa shape index (κ3) is 2.72. The van der Waals surface area contributed by atoms with Gasteiger partial charge in [-0.3, -0.25) is 0 Å². The zero-order valence-corrected chi connectivity index (χ0v) is 7.97. The molecule has 0 aromatic rings. The van der Waals surface area contributed by atoms with Gasteiger partial charge in [0.15, 0.2) is 0 Å². The second-order valence-corrected chi connectivity index (χ2v) is 3.30. The van der Waals surface area contributed by atoms with Gasteiger partial charge in [-0.1, -0.05) is 0 Å². The molecule has 70 valence electrons. The van der Waals surface area contributed by atoms with Crippen LogP contribution in [-0.2, 0) is 0 Å². The fourth-order valence-electron chi connectivity index (χ4n) is 1.18. The monoisotopic (exact) mass is 170 g/mol. The maximum absolute atomic E-state index is 11.4. The number of amides is 2. The molecule has 0 spiro atoms. The molecule has 0 heterocycles. The molecule has 1 N–H and O–H groups in total. The van der Waals surface area contributed by atoms with E-state index in [0.717, 1.165) is 25.6 Å². The van der Waals surface area contributed by atoms with Crippen molar-refractivity contribution in [2.24, 2.45) is 5.92 Å². The molecule has 12 heavy (non-hydrogen) atoms. The van der Waals surface area contributed by atoms with Crippen molar-refractivity contribution in [3.05, 3.63) is 0 Å². The maximum Gasteiger partial charge on any atom is 0.317 e. The fourth-order valence-corrected chi connectivity index (χ4v) is 1.18. The third-order valence-corrected chi connectivity index (χ3v) is 2.29. The van der Waals surface area contributed by atoms with Crippen molar-refractivity contribution in [3.63, 3.8) is 0 Å². The van der Waals surface area contributed by atoms with Crippen LogP contribution in [0.2, 0.25) is 0 Å². The molecule has 0 saturated heterocycles. The Balaban J connectivity index is 2.15. The van der Waals surface area contributed by atoms with Gasteiger partial charge in [0.05, 0.1) is 0 Å². The van der Waals surface area contributed by atoms with Crippen LogP contribution in [0, 0.1) is 5.92 Å². The fraction of sp³-hybridized carbons (Fsp3) is 0.889. The van der Waals surface area contributed by atoms with Crippen LogP contribution >= 0.6 is 0 Å². The van der Waals surface area contributed by atoms with E-state index in [2.05, 4.69) is 5.32 Å². The molecule has 0 atom stereocenters. The molecule has 1 fully saturated rings. The summed E-state index contributed by atoms with van der Waals surface area (Å²) in [7, 11) is 0. The summed E-state index contributed by atoms with van der Waals surface area (Å²) in [5.74, 6) is 0.768. The highest BCUT2D eigenvalue weighted by Gasteiger charge is 2.22. The predicted molar refractivity (Wildman–Crippen MR) is 49.0 cm³/mol. The van der Waals surface area contributed by atoms with Crippen LogP contribution in [-0.4, -0.2) is 30.6 Å². The predicted octanol–water partition coefficient (Wildman–Crippen LogP) is 1.45. The van der Waals surface area contributed by atoms with Gasteiger partial charge in [-0.2, -0.15) is 0 Å². The van der Waals surface area contributed by atoms with Gasteiger partial charge in [-0.25, -0.2) is 4.79 Å². The average molecular weight is 170 g/mol. The van der Waals surface area contributed by atoms with Crippen LogP contribution in [0.3, 0.4) is 0 Å². The SMILES string of the molecule is CCN(CC)C(=O)NCC1CC1. The van der Waals surface area contributed by atoms with E-state index in [4.69, 9.17) is 0 Å². The lowest BCUT2D eigenvalue weighted by molar-refractivity contribution is 0.203. The molecular formula is C9H18N2O. The summed E-state index contributed by atoms with van der Waals surface area (Å²) < 4.78 is 0. The molecule has 0 aliphatic heterocycles. The molecule has 0 radical (unpaired) electrons. The number of carbonyl (C=O) groups is 1. The van der Waals surface area contributed by atoms with Crippen molar-refractivity contribution < 1.29 is 4.79 Å².